The maximum absolute atomic E-state index is 13.1. The number of aliphatic hydroxyl groups is 1. The van der Waals surface area contributed by atoms with E-state index in [0.717, 1.165) is 6.07 Å². The fraction of sp³-hybridized carbons (Fsp3) is 0.364. The highest BCUT2D eigenvalue weighted by Gasteiger charge is 2.14. The SMILES string of the molecule is CC(O)C(N)Cc1ccc(F)c(C(=O)O)c1. The van der Waals surface area contributed by atoms with Crippen molar-refractivity contribution in [3.8, 4) is 0 Å². The molecule has 0 amide bonds. The van der Waals surface area contributed by atoms with Gasteiger partial charge in [0.1, 0.15) is 5.82 Å². The number of aliphatic hydroxyl groups excluding tert-OH is 1. The highest BCUT2D eigenvalue weighted by atomic mass is 19.1. The molecule has 4 N–H and O–H groups in total. The van der Waals surface area contributed by atoms with Crippen LogP contribution in [0.1, 0.15) is 22.8 Å². The molecule has 0 aliphatic carbocycles. The molecule has 0 heterocycles. The summed E-state index contributed by atoms with van der Waals surface area (Å²) in [5.74, 6) is -2.09. The molecule has 5 heteroatoms. The van der Waals surface area contributed by atoms with Crippen molar-refractivity contribution in [2.45, 2.75) is 25.5 Å². The van der Waals surface area contributed by atoms with Crippen LogP contribution in [0.4, 0.5) is 4.39 Å². The third kappa shape index (κ3) is 3.01. The average molecular weight is 227 g/mol. The smallest absolute Gasteiger partial charge is 0.338 e. The second kappa shape index (κ2) is 5.05. The van der Waals surface area contributed by atoms with Crippen molar-refractivity contribution in [3.63, 3.8) is 0 Å². The average Bonchev–Trinajstić information content (AvgIpc) is 2.20. The summed E-state index contributed by atoms with van der Waals surface area (Å²) in [5.41, 5.74) is 5.83. The molecule has 88 valence electrons. The largest absolute Gasteiger partial charge is 0.478 e. The highest BCUT2D eigenvalue weighted by molar-refractivity contribution is 5.88. The zero-order valence-corrected chi connectivity index (χ0v) is 8.85. The lowest BCUT2D eigenvalue weighted by atomic mass is 10.0. The van der Waals surface area contributed by atoms with E-state index in [4.69, 9.17) is 10.8 Å². The molecular weight excluding hydrogens is 213 g/mol. The Morgan fingerprint density at radius 2 is 2.19 bits per heavy atom. The van der Waals surface area contributed by atoms with Gasteiger partial charge in [0.25, 0.3) is 0 Å². The van der Waals surface area contributed by atoms with Gasteiger partial charge in [-0.3, -0.25) is 0 Å². The van der Waals surface area contributed by atoms with E-state index in [1.165, 1.54) is 12.1 Å². The molecule has 0 saturated carbocycles. The fourth-order valence-corrected chi connectivity index (χ4v) is 1.31. The van der Waals surface area contributed by atoms with Crippen LogP contribution in [0.25, 0.3) is 0 Å². The Hall–Kier alpha value is -1.46. The molecule has 0 aliphatic heterocycles. The van der Waals surface area contributed by atoms with Gasteiger partial charge in [-0.05, 0) is 31.0 Å². The van der Waals surface area contributed by atoms with Gasteiger partial charge in [-0.25, -0.2) is 9.18 Å². The molecule has 0 aliphatic rings. The van der Waals surface area contributed by atoms with E-state index >= 15 is 0 Å². The van der Waals surface area contributed by atoms with Crippen LogP contribution in [0.2, 0.25) is 0 Å². The zero-order valence-electron chi connectivity index (χ0n) is 8.85. The predicted molar refractivity (Wildman–Crippen MR) is 56.7 cm³/mol. The number of benzene rings is 1. The normalized spacial score (nSPS) is 14.5. The monoisotopic (exact) mass is 227 g/mol. The standard InChI is InChI=1S/C11H14FNO3/c1-6(14)10(13)5-7-2-3-9(12)8(4-7)11(15)16/h2-4,6,10,14H,5,13H2,1H3,(H,15,16). The lowest BCUT2D eigenvalue weighted by Crippen LogP contribution is -2.34. The third-order valence-corrected chi connectivity index (χ3v) is 2.35. The predicted octanol–water partition coefficient (Wildman–Crippen LogP) is 0.775. The Balaban J connectivity index is 2.91. The number of carboxylic acids is 1. The van der Waals surface area contributed by atoms with Crippen molar-refractivity contribution in [2.75, 3.05) is 0 Å². The second-order valence-electron chi connectivity index (χ2n) is 3.73. The summed E-state index contributed by atoms with van der Waals surface area (Å²) in [7, 11) is 0. The molecule has 0 spiro atoms. The van der Waals surface area contributed by atoms with E-state index in [-0.39, 0.29) is 5.56 Å². The van der Waals surface area contributed by atoms with E-state index in [0.29, 0.717) is 12.0 Å². The van der Waals surface area contributed by atoms with E-state index in [1.807, 2.05) is 0 Å². The minimum absolute atomic E-state index is 0.304. The molecule has 0 bridgehead atoms. The molecule has 1 aromatic carbocycles. The van der Waals surface area contributed by atoms with Crippen LogP contribution >= 0.6 is 0 Å². The minimum Gasteiger partial charge on any atom is -0.478 e. The Morgan fingerprint density at radius 1 is 1.56 bits per heavy atom. The van der Waals surface area contributed by atoms with Gasteiger partial charge in [-0.2, -0.15) is 0 Å². The molecule has 0 fully saturated rings. The maximum atomic E-state index is 13.1. The van der Waals surface area contributed by atoms with Gasteiger partial charge in [0.2, 0.25) is 0 Å². The first-order valence-electron chi connectivity index (χ1n) is 4.87. The van der Waals surface area contributed by atoms with Gasteiger partial charge >= 0.3 is 5.97 Å². The van der Waals surface area contributed by atoms with Crippen LogP contribution < -0.4 is 5.73 Å². The van der Waals surface area contributed by atoms with Gasteiger partial charge in [0.15, 0.2) is 0 Å². The number of halogens is 1. The number of hydrogen-bond donors (Lipinski definition) is 3. The molecule has 2 unspecified atom stereocenters. The van der Waals surface area contributed by atoms with Gasteiger partial charge in [0, 0.05) is 6.04 Å². The third-order valence-electron chi connectivity index (χ3n) is 2.35. The van der Waals surface area contributed by atoms with Gasteiger partial charge < -0.3 is 15.9 Å². The Morgan fingerprint density at radius 3 is 2.69 bits per heavy atom. The van der Waals surface area contributed by atoms with Crippen LogP contribution in [0.5, 0.6) is 0 Å². The van der Waals surface area contributed by atoms with Crippen LogP contribution in [0, 0.1) is 5.82 Å². The van der Waals surface area contributed by atoms with Crippen molar-refractivity contribution < 1.29 is 19.4 Å². The molecule has 0 radical (unpaired) electrons. The first-order valence-corrected chi connectivity index (χ1v) is 4.87. The summed E-state index contributed by atoms with van der Waals surface area (Å²) >= 11 is 0. The molecular formula is C11H14FNO3. The summed E-state index contributed by atoms with van der Waals surface area (Å²) in [4.78, 5) is 10.7. The van der Waals surface area contributed by atoms with Crippen molar-refractivity contribution in [2.24, 2.45) is 5.73 Å². The first kappa shape index (κ1) is 12.6. The molecule has 16 heavy (non-hydrogen) atoms. The summed E-state index contributed by atoms with van der Waals surface area (Å²) in [5, 5.41) is 17.9. The van der Waals surface area contributed by atoms with Crippen LogP contribution in [-0.4, -0.2) is 28.3 Å². The Kier molecular flexibility index (Phi) is 3.98. The second-order valence-corrected chi connectivity index (χ2v) is 3.73. The quantitative estimate of drug-likeness (QED) is 0.709. The van der Waals surface area contributed by atoms with Crippen LogP contribution in [-0.2, 0) is 6.42 Å². The van der Waals surface area contributed by atoms with Gasteiger partial charge in [-0.15, -0.1) is 0 Å². The fourth-order valence-electron chi connectivity index (χ4n) is 1.31. The van der Waals surface area contributed by atoms with Crippen molar-refractivity contribution in [3.05, 3.63) is 35.1 Å². The minimum atomic E-state index is -1.31. The summed E-state index contributed by atoms with van der Waals surface area (Å²) in [6.45, 7) is 1.55. The van der Waals surface area contributed by atoms with Gasteiger partial charge in [0.05, 0.1) is 11.7 Å². The first-order chi connectivity index (χ1) is 7.41. The Bertz CT molecular complexity index is 393. The Labute approximate surface area is 92.5 Å². The molecule has 0 aromatic heterocycles. The molecule has 4 nitrogen and oxygen atoms in total. The molecule has 2 atom stereocenters. The molecule has 0 saturated heterocycles. The summed E-state index contributed by atoms with van der Waals surface area (Å²) < 4.78 is 13.1. The summed E-state index contributed by atoms with van der Waals surface area (Å²) in [6, 6.07) is 3.30. The number of rotatable bonds is 4. The molecule has 1 aromatic rings. The topological polar surface area (TPSA) is 83.5 Å². The summed E-state index contributed by atoms with van der Waals surface area (Å²) in [6.07, 6.45) is -0.392. The molecule has 1 rings (SSSR count). The van der Waals surface area contributed by atoms with Crippen molar-refractivity contribution in [1.29, 1.82) is 0 Å². The van der Waals surface area contributed by atoms with Crippen LogP contribution in [0.3, 0.4) is 0 Å². The van der Waals surface area contributed by atoms with Crippen molar-refractivity contribution in [1.82, 2.24) is 0 Å². The number of carboxylic acid groups (broad SMARTS) is 1. The maximum Gasteiger partial charge on any atom is 0.338 e. The zero-order chi connectivity index (χ0) is 12.3. The number of carbonyl (C=O) groups is 1. The number of aromatic carboxylic acids is 1. The number of nitrogens with two attached hydrogens (primary N) is 1. The van der Waals surface area contributed by atoms with E-state index in [9.17, 15) is 14.3 Å². The van der Waals surface area contributed by atoms with E-state index < -0.39 is 23.9 Å². The van der Waals surface area contributed by atoms with E-state index in [1.54, 1.807) is 6.92 Å². The highest BCUT2D eigenvalue weighted by Crippen LogP contribution is 2.12. The van der Waals surface area contributed by atoms with Crippen molar-refractivity contribution >= 4 is 5.97 Å². The van der Waals surface area contributed by atoms with Gasteiger partial charge in [-0.1, -0.05) is 6.07 Å². The van der Waals surface area contributed by atoms with Crippen LogP contribution in [0.15, 0.2) is 18.2 Å². The van der Waals surface area contributed by atoms with E-state index in [2.05, 4.69) is 0 Å². The lowest BCUT2D eigenvalue weighted by molar-refractivity contribution is 0.0691. The lowest BCUT2D eigenvalue weighted by Gasteiger charge is -2.14. The number of hydrogen-bond acceptors (Lipinski definition) is 3.